The average Bonchev–Trinajstić information content (AvgIpc) is 2.54. The van der Waals surface area contributed by atoms with E-state index in [2.05, 4.69) is 10.3 Å². The van der Waals surface area contributed by atoms with Crippen LogP contribution in [0.25, 0.3) is 0 Å². The van der Waals surface area contributed by atoms with Crippen molar-refractivity contribution in [3.63, 3.8) is 0 Å². The molecular weight excluding hydrogens is 322 g/mol. The molecule has 0 aliphatic carbocycles. The molecule has 128 valence electrons. The second-order valence-corrected chi connectivity index (χ2v) is 7.71. The molecular formula is C14H21N3O5S. The van der Waals surface area contributed by atoms with Gasteiger partial charge in [0.1, 0.15) is 10.7 Å². The van der Waals surface area contributed by atoms with Crippen molar-refractivity contribution in [1.82, 2.24) is 9.29 Å². The van der Waals surface area contributed by atoms with Gasteiger partial charge >= 0.3 is 5.97 Å². The highest BCUT2D eigenvalue weighted by Crippen LogP contribution is 2.20. The third-order valence-electron chi connectivity index (χ3n) is 3.76. The number of hydrogen-bond donors (Lipinski definition) is 3. The maximum atomic E-state index is 12.5. The molecule has 23 heavy (non-hydrogen) atoms. The number of rotatable bonds is 6. The number of carbonyl (C=O) groups is 1. The Labute approximate surface area is 135 Å². The Hall–Kier alpha value is -1.71. The molecule has 1 aromatic heterocycles. The van der Waals surface area contributed by atoms with Gasteiger partial charge in [0.25, 0.3) is 0 Å². The summed E-state index contributed by atoms with van der Waals surface area (Å²) < 4.78 is 26.4. The van der Waals surface area contributed by atoms with E-state index in [0.29, 0.717) is 18.9 Å². The summed E-state index contributed by atoms with van der Waals surface area (Å²) in [5.74, 6) is -1.06. The molecule has 1 aliphatic rings. The van der Waals surface area contributed by atoms with Crippen LogP contribution in [0, 0.1) is 0 Å². The molecule has 1 aliphatic heterocycles. The summed E-state index contributed by atoms with van der Waals surface area (Å²) in [6, 6.07) is 2.88. The van der Waals surface area contributed by atoms with Gasteiger partial charge in [-0.1, -0.05) is 6.42 Å². The maximum absolute atomic E-state index is 12.5. The van der Waals surface area contributed by atoms with Crippen LogP contribution in [0.2, 0.25) is 0 Å². The van der Waals surface area contributed by atoms with Crippen molar-refractivity contribution < 1.29 is 23.4 Å². The van der Waals surface area contributed by atoms with E-state index in [0.717, 1.165) is 26.2 Å². The van der Waals surface area contributed by atoms with Crippen LogP contribution in [0.15, 0.2) is 23.2 Å². The number of sulfonamides is 1. The van der Waals surface area contributed by atoms with Gasteiger partial charge in [-0.15, -0.1) is 0 Å². The lowest BCUT2D eigenvalue weighted by atomic mass is 10.1. The van der Waals surface area contributed by atoms with E-state index in [9.17, 15) is 18.3 Å². The van der Waals surface area contributed by atoms with Crippen molar-refractivity contribution >= 4 is 21.8 Å². The van der Waals surface area contributed by atoms with Crippen molar-refractivity contribution in [3.8, 4) is 0 Å². The van der Waals surface area contributed by atoms with E-state index in [4.69, 9.17) is 5.11 Å². The molecule has 0 bridgehead atoms. The van der Waals surface area contributed by atoms with E-state index in [1.165, 1.54) is 22.6 Å². The molecule has 1 unspecified atom stereocenters. The zero-order valence-electron chi connectivity index (χ0n) is 12.9. The smallest absolute Gasteiger partial charge is 0.337 e. The van der Waals surface area contributed by atoms with Gasteiger partial charge in [0.15, 0.2) is 5.60 Å². The lowest BCUT2D eigenvalue weighted by Crippen LogP contribution is -2.41. The second kappa shape index (κ2) is 6.81. The lowest BCUT2D eigenvalue weighted by Gasteiger charge is -2.25. The second-order valence-electron chi connectivity index (χ2n) is 5.78. The van der Waals surface area contributed by atoms with Crippen LogP contribution in [0.5, 0.6) is 0 Å². The van der Waals surface area contributed by atoms with E-state index >= 15 is 0 Å². The summed E-state index contributed by atoms with van der Waals surface area (Å²) in [5, 5.41) is 21.1. The number of carboxylic acid groups (broad SMARTS) is 1. The van der Waals surface area contributed by atoms with Crippen molar-refractivity contribution in [2.75, 3.05) is 25.0 Å². The van der Waals surface area contributed by atoms with Gasteiger partial charge < -0.3 is 15.5 Å². The lowest BCUT2D eigenvalue weighted by molar-refractivity contribution is -0.155. The Morgan fingerprint density at radius 1 is 1.35 bits per heavy atom. The molecule has 0 radical (unpaired) electrons. The highest BCUT2D eigenvalue weighted by atomic mass is 32.2. The fourth-order valence-corrected chi connectivity index (χ4v) is 3.69. The van der Waals surface area contributed by atoms with Gasteiger partial charge in [-0.25, -0.2) is 18.2 Å². The third-order valence-corrected chi connectivity index (χ3v) is 5.65. The highest BCUT2D eigenvalue weighted by molar-refractivity contribution is 7.89. The fourth-order valence-electron chi connectivity index (χ4n) is 2.23. The Morgan fingerprint density at radius 2 is 2.00 bits per heavy atom. The normalized spacial score (nSPS) is 19.0. The number of carboxylic acids is 1. The summed E-state index contributed by atoms with van der Waals surface area (Å²) in [5.41, 5.74) is -1.93. The number of piperidine rings is 1. The number of pyridine rings is 1. The minimum absolute atomic E-state index is 0.106. The number of anilines is 1. The number of aromatic nitrogens is 1. The molecule has 1 fully saturated rings. The minimum atomic E-state index is -3.54. The van der Waals surface area contributed by atoms with Gasteiger partial charge in [-0.3, -0.25) is 0 Å². The van der Waals surface area contributed by atoms with Crippen molar-refractivity contribution in [1.29, 1.82) is 0 Å². The minimum Gasteiger partial charge on any atom is -0.479 e. The monoisotopic (exact) mass is 343 g/mol. The zero-order chi connectivity index (χ0) is 17.1. The van der Waals surface area contributed by atoms with Gasteiger partial charge in [0.05, 0.1) is 6.54 Å². The van der Waals surface area contributed by atoms with Crippen molar-refractivity contribution in [2.24, 2.45) is 0 Å². The Balaban J connectivity index is 2.05. The van der Waals surface area contributed by atoms with Crippen LogP contribution in [-0.2, 0) is 14.8 Å². The molecule has 1 aromatic rings. The SMILES string of the molecule is CC(O)(CNc1ccc(S(=O)(=O)N2CCCCC2)cn1)C(=O)O. The quantitative estimate of drug-likeness (QED) is 0.688. The highest BCUT2D eigenvalue weighted by Gasteiger charge is 2.30. The maximum Gasteiger partial charge on any atom is 0.337 e. The van der Waals surface area contributed by atoms with Gasteiger partial charge in [0.2, 0.25) is 10.0 Å². The van der Waals surface area contributed by atoms with Crippen LogP contribution in [0.3, 0.4) is 0 Å². The standard InChI is InChI=1S/C14H21N3O5S/c1-14(20,13(18)19)10-16-12-6-5-11(9-15-12)23(21,22)17-7-3-2-4-8-17/h5-6,9,20H,2-4,7-8,10H2,1H3,(H,15,16)(H,18,19). The Bertz CT molecular complexity index is 651. The number of aliphatic carboxylic acids is 1. The number of nitrogens with one attached hydrogen (secondary N) is 1. The van der Waals surface area contributed by atoms with Crippen LogP contribution >= 0.6 is 0 Å². The molecule has 0 saturated carbocycles. The number of aliphatic hydroxyl groups is 1. The topological polar surface area (TPSA) is 120 Å². The first kappa shape index (κ1) is 17.6. The average molecular weight is 343 g/mol. The summed E-state index contributed by atoms with van der Waals surface area (Å²) in [7, 11) is -3.54. The summed E-state index contributed by atoms with van der Waals surface area (Å²) in [6.45, 7) is 1.96. The zero-order valence-corrected chi connectivity index (χ0v) is 13.7. The van der Waals surface area contributed by atoms with Crippen LogP contribution < -0.4 is 5.32 Å². The van der Waals surface area contributed by atoms with Gasteiger partial charge in [-0.05, 0) is 31.9 Å². The summed E-state index contributed by atoms with van der Waals surface area (Å²) in [4.78, 5) is 14.9. The summed E-state index contributed by atoms with van der Waals surface area (Å²) in [6.07, 6.45) is 3.99. The van der Waals surface area contributed by atoms with Gasteiger partial charge in [0, 0.05) is 19.3 Å². The molecule has 1 atom stereocenters. The molecule has 3 N–H and O–H groups in total. The van der Waals surface area contributed by atoms with Crippen LogP contribution in [0.4, 0.5) is 5.82 Å². The molecule has 2 heterocycles. The predicted molar refractivity (Wildman–Crippen MR) is 83.6 cm³/mol. The molecule has 2 rings (SSSR count). The largest absolute Gasteiger partial charge is 0.479 e. The van der Waals surface area contributed by atoms with Crippen molar-refractivity contribution in [2.45, 2.75) is 36.7 Å². The predicted octanol–water partition coefficient (Wildman–Crippen LogP) is 0.504. The van der Waals surface area contributed by atoms with Crippen LogP contribution in [0.1, 0.15) is 26.2 Å². The number of hydrogen-bond acceptors (Lipinski definition) is 6. The third kappa shape index (κ3) is 4.18. The van der Waals surface area contributed by atoms with Crippen LogP contribution in [-0.4, -0.2) is 59.1 Å². The van der Waals surface area contributed by atoms with E-state index < -0.39 is 21.6 Å². The molecule has 8 nitrogen and oxygen atoms in total. The first-order valence-electron chi connectivity index (χ1n) is 7.39. The van der Waals surface area contributed by atoms with E-state index in [1.54, 1.807) is 0 Å². The molecule has 0 spiro atoms. The van der Waals surface area contributed by atoms with Crippen molar-refractivity contribution in [3.05, 3.63) is 18.3 Å². The molecule has 1 saturated heterocycles. The first-order valence-corrected chi connectivity index (χ1v) is 8.83. The van der Waals surface area contributed by atoms with E-state index in [1.807, 2.05) is 0 Å². The first-order chi connectivity index (χ1) is 10.7. The Kier molecular flexibility index (Phi) is 5.23. The number of nitrogens with zero attached hydrogens (tertiary/aromatic N) is 2. The van der Waals surface area contributed by atoms with E-state index in [-0.39, 0.29) is 11.4 Å². The van der Waals surface area contributed by atoms with Gasteiger partial charge in [-0.2, -0.15) is 4.31 Å². The fraction of sp³-hybridized carbons (Fsp3) is 0.571. The molecule has 9 heteroatoms. The summed E-state index contributed by atoms with van der Waals surface area (Å²) >= 11 is 0. The Morgan fingerprint density at radius 3 is 2.52 bits per heavy atom. The molecule has 0 aromatic carbocycles. The molecule has 0 amide bonds.